The first kappa shape index (κ1) is 18.3. The van der Waals surface area contributed by atoms with Crippen molar-refractivity contribution in [3.8, 4) is 11.3 Å². The van der Waals surface area contributed by atoms with Gasteiger partial charge in [0.15, 0.2) is 5.82 Å². The molecule has 2 aliphatic heterocycles. The second kappa shape index (κ2) is 8.31. The number of ether oxygens (including phenoxy) is 1. The van der Waals surface area contributed by atoms with E-state index in [4.69, 9.17) is 9.72 Å². The van der Waals surface area contributed by atoms with E-state index in [9.17, 15) is 0 Å². The fourth-order valence-corrected chi connectivity index (χ4v) is 4.04. The van der Waals surface area contributed by atoms with Crippen molar-refractivity contribution in [1.82, 2.24) is 20.3 Å². The van der Waals surface area contributed by atoms with E-state index in [0.29, 0.717) is 6.04 Å². The number of aromatic nitrogens is 3. The van der Waals surface area contributed by atoms with E-state index < -0.39 is 0 Å². The van der Waals surface area contributed by atoms with Crippen molar-refractivity contribution in [3.63, 3.8) is 0 Å². The summed E-state index contributed by atoms with van der Waals surface area (Å²) in [7, 11) is 0. The summed E-state index contributed by atoms with van der Waals surface area (Å²) in [4.78, 5) is 16.4. The maximum atomic E-state index is 5.46. The lowest BCUT2D eigenvalue weighted by Gasteiger charge is -2.29. The Bertz CT molecular complexity index is 965. The summed E-state index contributed by atoms with van der Waals surface area (Å²) in [5.41, 5.74) is 4.93. The maximum Gasteiger partial charge on any atom is 0.155 e. The van der Waals surface area contributed by atoms with E-state index in [2.05, 4.69) is 49.8 Å². The molecule has 5 rings (SSSR count). The molecule has 2 aromatic heterocycles. The van der Waals surface area contributed by atoms with Gasteiger partial charge in [-0.3, -0.25) is 4.98 Å². The molecule has 0 unspecified atom stereocenters. The average Bonchev–Trinajstić information content (AvgIpc) is 2.80. The minimum atomic E-state index is 0.410. The van der Waals surface area contributed by atoms with Gasteiger partial charge in [0.05, 0.1) is 24.4 Å². The van der Waals surface area contributed by atoms with Crippen molar-refractivity contribution in [2.75, 3.05) is 49.6 Å². The largest absolute Gasteiger partial charge is 0.378 e. The molecule has 0 radical (unpaired) electrons. The summed E-state index contributed by atoms with van der Waals surface area (Å²) in [5.74, 6) is 0.828. The van der Waals surface area contributed by atoms with Crippen molar-refractivity contribution in [2.45, 2.75) is 18.9 Å². The van der Waals surface area contributed by atoms with Gasteiger partial charge in [0, 0.05) is 42.8 Å². The number of morpholine rings is 1. The van der Waals surface area contributed by atoms with Gasteiger partial charge in [-0.25, -0.2) is 9.97 Å². The first-order valence-electron chi connectivity index (χ1n) is 10.4. The third-order valence-electron chi connectivity index (χ3n) is 5.68. The van der Waals surface area contributed by atoms with Gasteiger partial charge in [-0.1, -0.05) is 12.1 Å². The number of rotatable bonds is 4. The summed E-state index contributed by atoms with van der Waals surface area (Å²) >= 11 is 0. The topological polar surface area (TPSA) is 75.2 Å². The van der Waals surface area contributed by atoms with E-state index >= 15 is 0 Å². The first-order valence-corrected chi connectivity index (χ1v) is 10.4. The van der Waals surface area contributed by atoms with Crippen molar-refractivity contribution >= 4 is 22.5 Å². The lowest BCUT2D eigenvalue weighted by molar-refractivity contribution is 0.122. The van der Waals surface area contributed by atoms with Gasteiger partial charge in [0.1, 0.15) is 5.52 Å². The van der Waals surface area contributed by atoms with Crippen LogP contribution in [-0.2, 0) is 4.74 Å². The Balaban J connectivity index is 1.46. The Kier molecular flexibility index (Phi) is 5.23. The van der Waals surface area contributed by atoms with Crippen LogP contribution >= 0.6 is 0 Å². The number of benzene rings is 1. The number of anilines is 2. The minimum Gasteiger partial charge on any atom is -0.378 e. The van der Waals surface area contributed by atoms with Gasteiger partial charge in [-0.15, -0.1) is 0 Å². The van der Waals surface area contributed by atoms with Crippen LogP contribution in [0.15, 0.2) is 42.7 Å². The van der Waals surface area contributed by atoms with Crippen LogP contribution in [0.2, 0.25) is 0 Å². The third kappa shape index (κ3) is 4.02. The van der Waals surface area contributed by atoms with Gasteiger partial charge >= 0.3 is 0 Å². The molecule has 7 nitrogen and oxygen atoms in total. The second-order valence-corrected chi connectivity index (χ2v) is 7.60. The first-order chi connectivity index (χ1) is 14.4. The SMILES string of the molecule is c1cnc2c(NC3CCNCC3)nc(-c3ccc(N4CCOCC4)cc3)cc2n1. The molecule has 29 heavy (non-hydrogen) atoms. The molecule has 0 bridgehead atoms. The molecule has 1 aromatic carbocycles. The van der Waals surface area contributed by atoms with Gasteiger partial charge < -0.3 is 20.3 Å². The van der Waals surface area contributed by atoms with Crippen molar-refractivity contribution in [1.29, 1.82) is 0 Å². The van der Waals surface area contributed by atoms with Crippen LogP contribution < -0.4 is 15.5 Å². The Hall–Kier alpha value is -2.77. The molecule has 0 saturated carbocycles. The Morgan fingerprint density at radius 1 is 1.00 bits per heavy atom. The lowest BCUT2D eigenvalue weighted by atomic mass is 10.1. The monoisotopic (exact) mass is 390 g/mol. The summed E-state index contributed by atoms with van der Waals surface area (Å²) in [6.07, 6.45) is 5.64. The smallest absolute Gasteiger partial charge is 0.155 e. The van der Waals surface area contributed by atoms with Crippen molar-refractivity contribution < 1.29 is 4.74 Å². The Morgan fingerprint density at radius 3 is 2.55 bits per heavy atom. The van der Waals surface area contributed by atoms with Crippen molar-refractivity contribution in [2.24, 2.45) is 0 Å². The van der Waals surface area contributed by atoms with E-state index in [1.807, 2.05) is 6.07 Å². The molecule has 2 aliphatic rings. The second-order valence-electron chi connectivity index (χ2n) is 7.60. The highest BCUT2D eigenvalue weighted by molar-refractivity contribution is 5.88. The van der Waals surface area contributed by atoms with E-state index in [1.54, 1.807) is 12.4 Å². The van der Waals surface area contributed by atoms with Crippen LogP contribution in [0.4, 0.5) is 11.5 Å². The Labute approximate surface area is 170 Å². The van der Waals surface area contributed by atoms with Gasteiger partial charge in [0.2, 0.25) is 0 Å². The molecule has 0 aliphatic carbocycles. The number of pyridine rings is 1. The number of nitrogens with one attached hydrogen (secondary N) is 2. The number of nitrogens with zero attached hydrogens (tertiary/aromatic N) is 4. The van der Waals surface area contributed by atoms with Crippen LogP contribution in [0.1, 0.15) is 12.8 Å². The standard InChI is InChI=1S/C22H26N6O/c1-3-18(28-11-13-29-14-12-28)4-2-16(1)19-15-20-21(25-10-9-24-20)22(27-19)26-17-5-7-23-8-6-17/h1-4,9-10,15,17,23H,5-8,11-14H2,(H,26,27). The number of hydrogen-bond acceptors (Lipinski definition) is 7. The molecule has 2 saturated heterocycles. The molecule has 0 amide bonds. The van der Waals surface area contributed by atoms with Crippen LogP contribution in [0, 0.1) is 0 Å². The van der Waals surface area contributed by atoms with Crippen LogP contribution in [0.3, 0.4) is 0 Å². The molecule has 3 aromatic rings. The fraction of sp³-hybridized carbons (Fsp3) is 0.409. The molecular weight excluding hydrogens is 364 g/mol. The van der Waals surface area contributed by atoms with Crippen LogP contribution in [-0.4, -0.2) is 60.4 Å². The maximum absolute atomic E-state index is 5.46. The predicted octanol–water partition coefficient (Wildman–Crippen LogP) is 2.69. The molecule has 2 N–H and O–H groups in total. The summed E-state index contributed by atoms with van der Waals surface area (Å²) in [5, 5.41) is 7.03. The van der Waals surface area contributed by atoms with Gasteiger partial charge in [-0.05, 0) is 44.1 Å². The normalized spacial score (nSPS) is 18.1. The van der Waals surface area contributed by atoms with Crippen LogP contribution in [0.5, 0.6) is 0 Å². The van der Waals surface area contributed by atoms with Crippen molar-refractivity contribution in [3.05, 3.63) is 42.7 Å². The summed E-state index contributed by atoms with van der Waals surface area (Å²) in [6.45, 7) is 5.52. The molecule has 150 valence electrons. The predicted molar refractivity (Wildman–Crippen MR) is 115 cm³/mol. The number of hydrogen-bond donors (Lipinski definition) is 2. The zero-order valence-corrected chi connectivity index (χ0v) is 16.5. The highest BCUT2D eigenvalue weighted by Crippen LogP contribution is 2.28. The highest BCUT2D eigenvalue weighted by Gasteiger charge is 2.17. The van der Waals surface area contributed by atoms with E-state index in [-0.39, 0.29) is 0 Å². The third-order valence-corrected chi connectivity index (χ3v) is 5.68. The van der Waals surface area contributed by atoms with E-state index in [0.717, 1.165) is 80.3 Å². The summed E-state index contributed by atoms with van der Waals surface area (Å²) < 4.78 is 5.46. The number of piperidine rings is 1. The summed E-state index contributed by atoms with van der Waals surface area (Å²) in [6, 6.07) is 11.1. The zero-order chi connectivity index (χ0) is 19.5. The van der Waals surface area contributed by atoms with Gasteiger partial charge in [0.25, 0.3) is 0 Å². The highest BCUT2D eigenvalue weighted by atomic mass is 16.5. The molecule has 4 heterocycles. The molecule has 7 heteroatoms. The van der Waals surface area contributed by atoms with E-state index in [1.165, 1.54) is 5.69 Å². The fourth-order valence-electron chi connectivity index (χ4n) is 4.04. The Morgan fingerprint density at radius 2 is 1.76 bits per heavy atom. The van der Waals surface area contributed by atoms with Gasteiger partial charge in [-0.2, -0.15) is 0 Å². The quantitative estimate of drug-likeness (QED) is 0.709. The zero-order valence-electron chi connectivity index (χ0n) is 16.5. The minimum absolute atomic E-state index is 0.410. The molecular formula is C22H26N6O. The molecule has 0 atom stereocenters. The van der Waals surface area contributed by atoms with Crippen LogP contribution in [0.25, 0.3) is 22.3 Å². The average molecular weight is 390 g/mol. The molecule has 2 fully saturated rings. The number of fused-ring (bicyclic) bond motifs is 1. The lowest BCUT2D eigenvalue weighted by Crippen LogP contribution is -2.36. The molecule has 0 spiro atoms.